The third-order valence-electron chi connectivity index (χ3n) is 3.83. The molecule has 21 heavy (non-hydrogen) atoms. The van der Waals surface area contributed by atoms with Crippen molar-refractivity contribution in [2.75, 3.05) is 19.5 Å². The molecule has 0 radical (unpaired) electrons. The zero-order chi connectivity index (χ0) is 14.9. The Balaban J connectivity index is 1.82. The summed E-state index contributed by atoms with van der Waals surface area (Å²) in [5.74, 6) is 1.34. The summed E-state index contributed by atoms with van der Waals surface area (Å²) in [5.41, 5.74) is 0.324. The maximum absolute atomic E-state index is 12.6. The molecule has 1 saturated carbocycles. The Morgan fingerprint density at radius 1 is 1.24 bits per heavy atom. The molecule has 2 aromatic rings. The molecular weight excluding hydrogens is 286 g/mol. The Bertz CT molecular complexity index is 648. The first-order valence-corrected chi connectivity index (χ1v) is 7.65. The molecule has 3 rings (SSSR count). The minimum Gasteiger partial charge on any atom is -0.497 e. The molecule has 0 unspecified atom stereocenters. The van der Waals surface area contributed by atoms with Gasteiger partial charge >= 0.3 is 0 Å². The summed E-state index contributed by atoms with van der Waals surface area (Å²) in [4.78, 5) is 13.8. The Morgan fingerprint density at radius 3 is 2.62 bits per heavy atom. The molecule has 110 valence electrons. The van der Waals surface area contributed by atoms with E-state index in [4.69, 9.17) is 9.47 Å². The lowest BCUT2D eigenvalue weighted by Crippen LogP contribution is -2.27. The van der Waals surface area contributed by atoms with Crippen molar-refractivity contribution in [1.82, 2.24) is 0 Å². The summed E-state index contributed by atoms with van der Waals surface area (Å²) in [5, 5.41) is 5.00. The molecule has 1 fully saturated rings. The van der Waals surface area contributed by atoms with Crippen LogP contribution in [0.4, 0.5) is 5.69 Å². The van der Waals surface area contributed by atoms with E-state index in [9.17, 15) is 4.79 Å². The first-order chi connectivity index (χ1) is 10.2. The van der Waals surface area contributed by atoms with Crippen LogP contribution in [0, 0.1) is 0 Å². The molecule has 0 spiro atoms. The van der Waals surface area contributed by atoms with Crippen LogP contribution in [0.25, 0.3) is 0 Å². The molecule has 4 nitrogen and oxygen atoms in total. The van der Waals surface area contributed by atoms with Crippen LogP contribution in [0.3, 0.4) is 0 Å². The molecule has 1 aromatic carbocycles. The van der Waals surface area contributed by atoms with Crippen molar-refractivity contribution >= 4 is 22.9 Å². The molecule has 1 aliphatic carbocycles. The molecule has 0 bridgehead atoms. The lowest BCUT2D eigenvalue weighted by atomic mass is 10.0. The molecule has 5 heteroatoms. The topological polar surface area (TPSA) is 47.6 Å². The highest BCUT2D eigenvalue weighted by atomic mass is 32.1. The van der Waals surface area contributed by atoms with Crippen LogP contribution in [0.5, 0.6) is 11.5 Å². The van der Waals surface area contributed by atoms with Crippen molar-refractivity contribution in [1.29, 1.82) is 0 Å². The first kappa shape index (κ1) is 13.9. The lowest BCUT2D eigenvalue weighted by molar-refractivity contribution is -0.118. The number of anilines is 1. The van der Waals surface area contributed by atoms with Crippen LogP contribution in [-0.2, 0) is 10.2 Å². The maximum atomic E-state index is 12.6. The van der Waals surface area contributed by atoms with Gasteiger partial charge in [-0.05, 0) is 36.4 Å². The van der Waals surface area contributed by atoms with Gasteiger partial charge in [0.25, 0.3) is 0 Å². The second-order valence-electron chi connectivity index (χ2n) is 5.08. The highest BCUT2D eigenvalue weighted by Gasteiger charge is 2.52. The summed E-state index contributed by atoms with van der Waals surface area (Å²) >= 11 is 1.64. The summed E-state index contributed by atoms with van der Waals surface area (Å²) < 4.78 is 10.5. The van der Waals surface area contributed by atoms with Gasteiger partial charge in [-0.15, -0.1) is 11.3 Å². The standard InChI is InChI=1S/C16H17NO3S/c1-19-11-5-6-12(13(10-11)20-2)17-15(18)16(7-8-16)14-4-3-9-21-14/h3-6,9-10H,7-8H2,1-2H3,(H,17,18). The van der Waals surface area contributed by atoms with E-state index in [-0.39, 0.29) is 11.3 Å². The fraction of sp³-hybridized carbons (Fsp3) is 0.312. The third-order valence-corrected chi connectivity index (χ3v) is 4.91. The van der Waals surface area contributed by atoms with E-state index in [1.165, 1.54) is 0 Å². The number of nitrogens with one attached hydrogen (secondary N) is 1. The van der Waals surface area contributed by atoms with Gasteiger partial charge in [0.2, 0.25) is 5.91 Å². The molecule has 0 aliphatic heterocycles. The van der Waals surface area contributed by atoms with Gasteiger partial charge in [-0.2, -0.15) is 0 Å². The van der Waals surface area contributed by atoms with Crippen molar-refractivity contribution in [2.24, 2.45) is 0 Å². The summed E-state index contributed by atoms with van der Waals surface area (Å²) in [6, 6.07) is 9.40. The number of thiophene rings is 1. The minimum absolute atomic E-state index is 0.0356. The quantitative estimate of drug-likeness (QED) is 0.920. The van der Waals surface area contributed by atoms with Crippen LogP contribution in [0.15, 0.2) is 35.7 Å². The number of amides is 1. The molecule has 1 amide bonds. The highest BCUT2D eigenvalue weighted by molar-refractivity contribution is 7.10. The first-order valence-electron chi connectivity index (χ1n) is 6.77. The van der Waals surface area contributed by atoms with Gasteiger partial charge in [0.15, 0.2) is 0 Å². The van der Waals surface area contributed by atoms with E-state index in [1.807, 2.05) is 23.6 Å². The number of ether oxygens (including phenoxy) is 2. The Morgan fingerprint density at radius 2 is 2.05 bits per heavy atom. The zero-order valence-electron chi connectivity index (χ0n) is 12.0. The fourth-order valence-corrected chi connectivity index (χ4v) is 3.39. The third kappa shape index (κ3) is 2.49. The van der Waals surface area contributed by atoms with Gasteiger partial charge in [-0.25, -0.2) is 0 Å². The van der Waals surface area contributed by atoms with Crippen molar-refractivity contribution in [3.8, 4) is 11.5 Å². The second kappa shape index (κ2) is 5.41. The number of carbonyl (C=O) groups excluding carboxylic acids is 1. The van der Waals surface area contributed by atoms with Gasteiger partial charge < -0.3 is 14.8 Å². The van der Waals surface area contributed by atoms with Crippen LogP contribution in [0.2, 0.25) is 0 Å². The van der Waals surface area contributed by atoms with Crippen LogP contribution in [-0.4, -0.2) is 20.1 Å². The van der Waals surface area contributed by atoms with Crippen molar-refractivity contribution in [2.45, 2.75) is 18.3 Å². The summed E-state index contributed by atoms with van der Waals surface area (Å²) in [6.07, 6.45) is 1.80. The monoisotopic (exact) mass is 303 g/mol. The van der Waals surface area contributed by atoms with Crippen molar-refractivity contribution in [3.05, 3.63) is 40.6 Å². The number of benzene rings is 1. The average Bonchev–Trinajstić information content (AvgIpc) is 3.15. The van der Waals surface area contributed by atoms with Gasteiger partial charge in [-0.3, -0.25) is 4.79 Å². The van der Waals surface area contributed by atoms with E-state index in [2.05, 4.69) is 5.32 Å². The Labute approximate surface area is 127 Å². The summed E-state index contributed by atoms with van der Waals surface area (Å²) in [7, 11) is 3.18. The minimum atomic E-state index is -0.348. The fourth-order valence-electron chi connectivity index (χ4n) is 2.40. The van der Waals surface area contributed by atoms with E-state index in [0.29, 0.717) is 17.2 Å². The molecule has 1 heterocycles. The molecule has 1 N–H and O–H groups in total. The van der Waals surface area contributed by atoms with Crippen LogP contribution < -0.4 is 14.8 Å². The Hall–Kier alpha value is -2.01. The number of hydrogen-bond donors (Lipinski definition) is 1. The number of hydrogen-bond acceptors (Lipinski definition) is 4. The molecule has 1 aromatic heterocycles. The summed E-state index contributed by atoms with van der Waals surface area (Å²) in [6.45, 7) is 0. The normalized spacial score (nSPS) is 15.3. The largest absolute Gasteiger partial charge is 0.497 e. The van der Waals surface area contributed by atoms with E-state index in [0.717, 1.165) is 17.7 Å². The van der Waals surface area contributed by atoms with E-state index < -0.39 is 0 Å². The molecule has 0 atom stereocenters. The van der Waals surface area contributed by atoms with E-state index in [1.54, 1.807) is 37.7 Å². The Kier molecular flexibility index (Phi) is 3.59. The van der Waals surface area contributed by atoms with Gasteiger partial charge in [0, 0.05) is 10.9 Å². The molecule has 0 saturated heterocycles. The van der Waals surface area contributed by atoms with Crippen LogP contribution in [0.1, 0.15) is 17.7 Å². The van der Waals surface area contributed by atoms with Crippen LogP contribution >= 0.6 is 11.3 Å². The lowest BCUT2D eigenvalue weighted by Gasteiger charge is -2.16. The second-order valence-corrected chi connectivity index (χ2v) is 6.03. The van der Waals surface area contributed by atoms with Gasteiger partial charge in [0.05, 0.1) is 25.3 Å². The number of rotatable bonds is 5. The highest BCUT2D eigenvalue weighted by Crippen LogP contribution is 2.51. The SMILES string of the molecule is COc1ccc(NC(=O)C2(c3cccs3)CC2)c(OC)c1. The van der Waals surface area contributed by atoms with Gasteiger partial charge in [0.1, 0.15) is 11.5 Å². The zero-order valence-corrected chi connectivity index (χ0v) is 12.8. The predicted octanol–water partition coefficient (Wildman–Crippen LogP) is 3.44. The smallest absolute Gasteiger partial charge is 0.235 e. The average molecular weight is 303 g/mol. The van der Waals surface area contributed by atoms with Crippen molar-refractivity contribution < 1.29 is 14.3 Å². The molecule has 1 aliphatic rings. The van der Waals surface area contributed by atoms with Crippen molar-refractivity contribution in [3.63, 3.8) is 0 Å². The molecular formula is C16H17NO3S. The maximum Gasteiger partial charge on any atom is 0.235 e. The number of carbonyl (C=O) groups is 1. The predicted molar refractivity (Wildman–Crippen MR) is 83.4 cm³/mol. The van der Waals surface area contributed by atoms with E-state index >= 15 is 0 Å². The number of methoxy groups -OCH3 is 2. The van der Waals surface area contributed by atoms with Gasteiger partial charge in [-0.1, -0.05) is 6.07 Å².